The van der Waals surface area contributed by atoms with Gasteiger partial charge < -0.3 is 9.84 Å². The van der Waals surface area contributed by atoms with Gasteiger partial charge in [-0.05, 0) is 37.8 Å². The van der Waals surface area contributed by atoms with Gasteiger partial charge in [-0.3, -0.25) is 4.98 Å². The van der Waals surface area contributed by atoms with Crippen LogP contribution in [0.1, 0.15) is 24.0 Å². The second-order valence-electron chi connectivity index (χ2n) is 4.52. The first kappa shape index (κ1) is 10.3. The highest BCUT2D eigenvalue weighted by Crippen LogP contribution is 2.25. The summed E-state index contributed by atoms with van der Waals surface area (Å²) >= 11 is 0. The van der Waals surface area contributed by atoms with Crippen LogP contribution in [0.5, 0.6) is 0 Å². The first-order chi connectivity index (χ1) is 8.22. The predicted octanol–water partition coefficient (Wildman–Crippen LogP) is 2.32. The van der Waals surface area contributed by atoms with E-state index in [4.69, 9.17) is 4.52 Å². The molecule has 1 fully saturated rings. The van der Waals surface area contributed by atoms with E-state index in [1.54, 1.807) is 0 Å². The van der Waals surface area contributed by atoms with Crippen LogP contribution in [0, 0.1) is 13.8 Å². The lowest BCUT2D eigenvalue weighted by Crippen LogP contribution is -2.00. The third-order valence-electron chi connectivity index (χ3n) is 2.76. The summed E-state index contributed by atoms with van der Waals surface area (Å²) in [5.41, 5.74) is 2.97. The first-order valence-electron chi connectivity index (χ1n) is 5.76. The third kappa shape index (κ3) is 2.13. The smallest absolute Gasteiger partial charge is 0.322 e. The van der Waals surface area contributed by atoms with Gasteiger partial charge in [-0.25, -0.2) is 0 Å². The molecule has 0 saturated heterocycles. The summed E-state index contributed by atoms with van der Waals surface area (Å²) < 4.78 is 5.14. The standard InChI is InChI=1S/C12H14N4O/c1-7-5-8(2)10(13-6-7)11-15-12(17-16-11)14-9-3-4-9/h5-6,9H,3-4H2,1-2H3,(H,14,15,16). The summed E-state index contributed by atoms with van der Waals surface area (Å²) in [6.07, 6.45) is 4.17. The van der Waals surface area contributed by atoms with Crippen molar-refractivity contribution in [3.8, 4) is 11.5 Å². The van der Waals surface area contributed by atoms with Crippen molar-refractivity contribution >= 4 is 6.01 Å². The average molecular weight is 230 g/mol. The van der Waals surface area contributed by atoms with Gasteiger partial charge in [-0.15, -0.1) is 0 Å². The second kappa shape index (κ2) is 3.84. The summed E-state index contributed by atoms with van der Waals surface area (Å²) in [5, 5.41) is 7.12. The minimum atomic E-state index is 0.490. The van der Waals surface area contributed by atoms with E-state index in [2.05, 4.69) is 26.5 Å². The van der Waals surface area contributed by atoms with Gasteiger partial charge in [0.2, 0.25) is 5.82 Å². The van der Waals surface area contributed by atoms with E-state index in [-0.39, 0.29) is 0 Å². The highest BCUT2D eigenvalue weighted by Gasteiger charge is 2.23. The Kier molecular flexibility index (Phi) is 2.31. The molecule has 5 heteroatoms. The maximum Gasteiger partial charge on any atom is 0.322 e. The van der Waals surface area contributed by atoms with E-state index in [1.165, 1.54) is 12.8 Å². The minimum Gasteiger partial charge on any atom is -0.335 e. The first-order valence-corrected chi connectivity index (χ1v) is 5.76. The van der Waals surface area contributed by atoms with Crippen molar-refractivity contribution in [3.05, 3.63) is 23.4 Å². The molecule has 0 amide bonds. The highest BCUT2D eigenvalue weighted by molar-refractivity contribution is 5.55. The van der Waals surface area contributed by atoms with Crippen molar-refractivity contribution in [2.75, 3.05) is 5.32 Å². The molecule has 1 N–H and O–H groups in total. The van der Waals surface area contributed by atoms with Crippen molar-refractivity contribution in [1.82, 2.24) is 15.1 Å². The summed E-state index contributed by atoms with van der Waals surface area (Å²) in [5.74, 6) is 0.547. The molecule has 3 rings (SSSR count). The number of hydrogen-bond donors (Lipinski definition) is 1. The van der Waals surface area contributed by atoms with Crippen molar-refractivity contribution < 1.29 is 4.52 Å². The normalized spacial score (nSPS) is 14.9. The SMILES string of the molecule is Cc1cnc(-c2noc(NC3CC3)n2)c(C)c1. The zero-order chi connectivity index (χ0) is 11.8. The molecule has 1 aliphatic rings. The van der Waals surface area contributed by atoms with Crippen LogP contribution in [-0.2, 0) is 0 Å². The molecular formula is C12H14N4O. The average Bonchev–Trinajstić information content (AvgIpc) is 2.96. The van der Waals surface area contributed by atoms with Crippen LogP contribution >= 0.6 is 0 Å². The number of hydrogen-bond acceptors (Lipinski definition) is 5. The van der Waals surface area contributed by atoms with E-state index in [9.17, 15) is 0 Å². The van der Waals surface area contributed by atoms with E-state index in [0.717, 1.165) is 16.8 Å². The lowest BCUT2D eigenvalue weighted by molar-refractivity contribution is 0.431. The molecule has 0 atom stereocenters. The molecule has 2 heterocycles. The molecule has 1 aliphatic carbocycles. The number of aromatic nitrogens is 3. The number of nitrogens with one attached hydrogen (secondary N) is 1. The Morgan fingerprint density at radius 3 is 2.88 bits per heavy atom. The zero-order valence-corrected chi connectivity index (χ0v) is 9.90. The Balaban J connectivity index is 1.89. The van der Waals surface area contributed by atoms with Crippen LogP contribution in [0.2, 0.25) is 0 Å². The topological polar surface area (TPSA) is 63.8 Å². The summed E-state index contributed by atoms with van der Waals surface area (Å²) in [7, 11) is 0. The quantitative estimate of drug-likeness (QED) is 0.876. The van der Waals surface area contributed by atoms with Crippen LogP contribution < -0.4 is 5.32 Å². The Hall–Kier alpha value is -1.91. The number of aryl methyl sites for hydroxylation is 2. The maximum atomic E-state index is 5.14. The summed E-state index contributed by atoms with van der Waals surface area (Å²) in [4.78, 5) is 8.64. The Morgan fingerprint density at radius 1 is 1.35 bits per heavy atom. The van der Waals surface area contributed by atoms with Gasteiger partial charge in [0.15, 0.2) is 0 Å². The Morgan fingerprint density at radius 2 is 2.18 bits per heavy atom. The number of rotatable bonds is 3. The molecule has 0 radical (unpaired) electrons. The fourth-order valence-corrected chi connectivity index (χ4v) is 1.73. The fraction of sp³-hybridized carbons (Fsp3) is 0.417. The maximum absolute atomic E-state index is 5.14. The molecule has 2 aromatic rings. The number of nitrogens with zero attached hydrogens (tertiary/aromatic N) is 3. The van der Waals surface area contributed by atoms with Crippen LogP contribution in [0.25, 0.3) is 11.5 Å². The molecule has 0 aliphatic heterocycles. The zero-order valence-electron chi connectivity index (χ0n) is 9.90. The molecular weight excluding hydrogens is 216 g/mol. The molecule has 2 aromatic heterocycles. The van der Waals surface area contributed by atoms with Gasteiger partial charge in [0.05, 0.1) is 0 Å². The minimum absolute atomic E-state index is 0.490. The van der Waals surface area contributed by atoms with Gasteiger partial charge >= 0.3 is 6.01 Å². The van der Waals surface area contributed by atoms with Gasteiger partial charge in [-0.2, -0.15) is 4.98 Å². The highest BCUT2D eigenvalue weighted by atomic mass is 16.5. The molecule has 0 aromatic carbocycles. The van der Waals surface area contributed by atoms with E-state index in [1.807, 2.05) is 20.0 Å². The van der Waals surface area contributed by atoms with Gasteiger partial charge in [-0.1, -0.05) is 11.2 Å². The molecule has 5 nitrogen and oxygen atoms in total. The van der Waals surface area contributed by atoms with E-state index >= 15 is 0 Å². The monoisotopic (exact) mass is 230 g/mol. The van der Waals surface area contributed by atoms with Crippen LogP contribution in [0.15, 0.2) is 16.8 Å². The fourth-order valence-electron chi connectivity index (χ4n) is 1.73. The number of pyridine rings is 1. The van der Waals surface area contributed by atoms with Crippen LogP contribution in [0.3, 0.4) is 0 Å². The lowest BCUT2D eigenvalue weighted by Gasteiger charge is -2.00. The van der Waals surface area contributed by atoms with Crippen molar-refractivity contribution in [2.24, 2.45) is 0 Å². The van der Waals surface area contributed by atoms with Crippen molar-refractivity contribution in [3.63, 3.8) is 0 Å². The molecule has 1 saturated carbocycles. The van der Waals surface area contributed by atoms with Crippen LogP contribution in [0.4, 0.5) is 6.01 Å². The van der Waals surface area contributed by atoms with Crippen LogP contribution in [-0.4, -0.2) is 21.2 Å². The van der Waals surface area contributed by atoms with Crippen molar-refractivity contribution in [2.45, 2.75) is 32.7 Å². The number of anilines is 1. The second-order valence-corrected chi connectivity index (χ2v) is 4.52. The van der Waals surface area contributed by atoms with E-state index < -0.39 is 0 Å². The lowest BCUT2D eigenvalue weighted by atomic mass is 10.1. The molecule has 0 spiro atoms. The van der Waals surface area contributed by atoms with Gasteiger partial charge in [0.25, 0.3) is 0 Å². The third-order valence-corrected chi connectivity index (χ3v) is 2.76. The summed E-state index contributed by atoms with van der Waals surface area (Å²) in [6, 6.07) is 3.06. The molecule has 0 bridgehead atoms. The van der Waals surface area contributed by atoms with E-state index in [0.29, 0.717) is 17.9 Å². The predicted molar refractivity (Wildman–Crippen MR) is 63.6 cm³/mol. The van der Waals surface area contributed by atoms with Crippen molar-refractivity contribution in [1.29, 1.82) is 0 Å². The van der Waals surface area contributed by atoms with Gasteiger partial charge in [0, 0.05) is 12.2 Å². The largest absolute Gasteiger partial charge is 0.335 e. The van der Waals surface area contributed by atoms with Gasteiger partial charge in [0.1, 0.15) is 5.69 Å². The molecule has 17 heavy (non-hydrogen) atoms. The molecule has 0 unspecified atom stereocenters. The Labute approximate surface area is 99.3 Å². The Bertz CT molecular complexity index is 545. The summed E-state index contributed by atoms with van der Waals surface area (Å²) in [6.45, 7) is 4.01. The molecule has 88 valence electrons.